The predicted octanol–water partition coefficient (Wildman–Crippen LogP) is -0.591. The number of halogens is 1. The number of nitrogens with one attached hydrogen (secondary N) is 3. The molecule has 2 amide bonds. The number of hydrogen-bond donors (Lipinski definition) is 3. The van der Waals surface area contributed by atoms with E-state index in [-0.39, 0.29) is 15.9 Å². The third-order valence-electron chi connectivity index (χ3n) is 4.20. The normalized spacial score (nSPS) is 35.3. The van der Waals surface area contributed by atoms with Gasteiger partial charge >= 0.3 is 0 Å². The molecule has 3 fully saturated rings. The van der Waals surface area contributed by atoms with Crippen LogP contribution in [0, 0.1) is 0 Å². The van der Waals surface area contributed by atoms with Crippen LogP contribution in [0.4, 0.5) is 0 Å². The van der Waals surface area contributed by atoms with Gasteiger partial charge in [0.25, 0.3) is 5.91 Å². The second kappa shape index (κ2) is 5.34. The molecule has 0 aromatic carbocycles. The largest absolute Gasteiger partial charge is 0.339 e. The lowest BCUT2D eigenvalue weighted by molar-refractivity contribution is -0.129. The maximum atomic E-state index is 12.3. The third-order valence-corrected chi connectivity index (χ3v) is 7.52. The first-order valence-electron chi connectivity index (χ1n) is 7.11. The molecular formula is C12H18IN3O4S. The molecule has 1 heterocycles. The van der Waals surface area contributed by atoms with Crippen molar-refractivity contribution < 1.29 is 18.0 Å². The SMILES string of the molecule is O=C(N[C@]1(C(=O)NS(=O)(=O)C2CC2)C[C@H]1I)[C@@H]1CCCN1. The van der Waals surface area contributed by atoms with Crippen molar-refractivity contribution >= 4 is 44.4 Å². The summed E-state index contributed by atoms with van der Waals surface area (Å²) in [5, 5.41) is 5.38. The summed E-state index contributed by atoms with van der Waals surface area (Å²) in [4.78, 5) is 24.5. The van der Waals surface area contributed by atoms with Gasteiger partial charge in [0.1, 0.15) is 5.54 Å². The quantitative estimate of drug-likeness (QED) is 0.402. The molecule has 9 heteroatoms. The highest BCUT2D eigenvalue weighted by atomic mass is 127. The molecule has 0 spiro atoms. The molecule has 118 valence electrons. The molecule has 2 saturated carbocycles. The van der Waals surface area contributed by atoms with Crippen LogP contribution in [0.1, 0.15) is 32.1 Å². The zero-order valence-corrected chi connectivity index (χ0v) is 14.4. The number of carbonyl (C=O) groups is 2. The Balaban J connectivity index is 1.65. The Hall–Kier alpha value is -0.420. The molecule has 2 aliphatic carbocycles. The van der Waals surface area contributed by atoms with Crippen LogP contribution >= 0.6 is 22.6 Å². The molecule has 1 aliphatic heterocycles. The van der Waals surface area contributed by atoms with Crippen molar-refractivity contribution in [3.8, 4) is 0 Å². The number of sulfonamides is 1. The molecule has 7 nitrogen and oxygen atoms in total. The van der Waals surface area contributed by atoms with Crippen molar-refractivity contribution in [3.05, 3.63) is 0 Å². The molecule has 0 unspecified atom stereocenters. The van der Waals surface area contributed by atoms with Gasteiger partial charge in [0.2, 0.25) is 15.9 Å². The van der Waals surface area contributed by atoms with Gasteiger partial charge in [0, 0.05) is 3.92 Å². The third kappa shape index (κ3) is 3.04. The Kier molecular flexibility index (Phi) is 3.93. The van der Waals surface area contributed by atoms with Gasteiger partial charge in [-0.25, -0.2) is 8.42 Å². The number of alkyl halides is 1. The summed E-state index contributed by atoms with van der Waals surface area (Å²) in [5.74, 6) is -0.814. The minimum absolute atomic E-state index is 0.0742. The van der Waals surface area contributed by atoms with Crippen LogP contribution in [-0.2, 0) is 19.6 Å². The van der Waals surface area contributed by atoms with Gasteiger partial charge in [-0.1, -0.05) is 22.6 Å². The van der Waals surface area contributed by atoms with E-state index in [2.05, 4.69) is 37.9 Å². The summed E-state index contributed by atoms with van der Waals surface area (Å²) >= 11 is 2.07. The zero-order valence-electron chi connectivity index (χ0n) is 11.4. The van der Waals surface area contributed by atoms with Crippen LogP contribution < -0.4 is 15.4 Å². The van der Waals surface area contributed by atoms with Gasteiger partial charge < -0.3 is 10.6 Å². The van der Waals surface area contributed by atoms with Crippen molar-refractivity contribution in [3.63, 3.8) is 0 Å². The number of hydrogen-bond acceptors (Lipinski definition) is 5. The molecule has 0 radical (unpaired) electrons. The van der Waals surface area contributed by atoms with Crippen LogP contribution in [0.3, 0.4) is 0 Å². The molecular weight excluding hydrogens is 409 g/mol. The lowest BCUT2D eigenvalue weighted by atomic mass is 10.2. The van der Waals surface area contributed by atoms with Crippen LogP contribution in [0.15, 0.2) is 0 Å². The van der Waals surface area contributed by atoms with Crippen molar-refractivity contribution in [1.82, 2.24) is 15.4 Å². The zero-order chi connectivity index (χ0) is 15.3. The van der Waals surface area contributed by atoms with E-state index in [1.807, 2.05) is 0 Å². The van der Waals surface area contributed by atoms with E-state index in [0.717, 1.165) is 19.4 Å². The smallest absolute Gasteiger partial charge is 0.260 e. The van der Waals surface area contributed by atoms with E-state index >= 15 is 0 Å². The van der Waals surface area contributed by atoms with E-state index in [9.17, 15) is 18.0 Å². The van der Waals surface area contributed by atoms with Gasteiger partial charge in [-0.15, -0.1) is 0 Å². The second-order valence-electron chi connectivity index (χ2n) is 5.96. The topological polar surface area (TPSA) is 104 Å². The van der Waals surface area contributed by atoms with Crippen LogP contribution in [0.25, 0.3) is 0 Å². The minimum atomic E-state index is -3.58. The summed E-state index contributed by atoms with van der Waals surface area (Å²) in [7, 11) is -3.58. The predicted molar refractivity (Wildman–Crippen MR) is 84.4 cm³/mol. The Morgan fingerprint density at radius 2 is 1.90 bits per heavy atom. The minimum Gasteiger partial charge on any atom is -0.339 e. The fraction of sp³-hybridized carbons (Fsp3) is 0.833. The molecule has 3 aliphatic rings. The molecule has 0 aromatic rings. The summed E-state index contributed by atoms with van der Waals surface area (Å²) in [6.45, 7) is 0.793. The maximum absolute atomic E-state index is 12.3. The van der Waals surface area contributed by atoms with Gasteiger partial charge in [0.05, 0.1) is 11.3 Å². The average molecular weight is 427 g/mol. The van der Waals surface area contributed by atoms with Gasteiger partial charge in [-0.3, -0.25) is 14.3 Å². The fourth-order valence-corrected chi connectivity index (χ4v) is 5.04. The first-order chi connectivity index (χ1) is 9.85. The lowest BCUT2D eigenvalue weighted by Gasteiger charge is -2.20. The lowest BCUT2D eigenvalue weighted by Crippen LogP contribution is -2.55. The van der Waals surface area contributed by atoms with Crippen LogP contribution in [-0.4, -0.2) is 47.5 Å². The first-order valence-corrected chi connectivity index (χ1v) is 9.90. The molecule has 21 heavy (non-hydrogen) atoms. The Morgan fingerprint density at radius 1 is 1.24 bits per heavy atom. The molecule has 3 N–H and O–H groups in total. The van der Waals surface area contributed by atoms with Gasteiger partial charge in [-0.05, 0) is 38.6 Å². The highest BCUT2D eigenvalue weighted by molar-refractivity contribution is 14.1. The van der Waals surface area contributed by atoms with E-state index in [4.69, 9.17) is 0 Å². The summed E-state index contributed by atoms with van der Waals surface area (Å²) in [6.07, 6.45) is 3.35. The first kappa shape index (κ1) is 15.5. The molecule has 0 aromatic heterocycles. The van der Waals surface area contributed by atoms with E-state index in [1.54, 1.807) is 0 Å². The maximum Gasteiger partial charge on any atom is 0.260 e. The Labute approximate surface area is 137 Å². The fourth-order valence-electron chi connectivity index (χ4n) is 2.54. The van der Waals surface area contributed by atoms with Crippen molar-refractivity contribution in [2.24, 2.45) is 0 Å². The van der Waals surface area contributed by atoms with E-state index in [1.165, 1.54) is 0 Å². The van der Waals surface area contributed by atoms with Crippen molar-refractivity contribution in [1.29, 1.82) is 0 Å². The van der Waals surface area contributed by atoms with Crippen LogP contribution in [0.2, 0.25) is 0 Å². The molecule has 3 rings (SSSR count). The summed E-state index contributed by atoms with van der Waals surface area (Å²) < 4.78 is 25.8. The average Bonchev–Trinajstić information content (AvgIpc) is 3.29. The molecule has 3 atom stereocenters. The van der Waals surface area contributed by atoms with Gasteiger partial charge in [-0.2, -0.15) is 0 Å². The Bertz CT molecular complexity index is 571. The number of amides is 2. The monoisotopic (exact) mass is 427 g/mol. The highest BCUT2D eigenvalue weighted by Gasteiger charge is 2.61. The van der Waals surface area contributed by atoms with Crippen LogP contribution in [0.5, 0.6) is 0 Å². The van der Waals surface area contributed by atoms with E-state index < -0.39 is 26.7 Å². The Morgan fingerprint density at radius 3 is 2.38 bits per heavy atom. The van der Waals surface area contributed by atoms with Crippen molar-refractivity contribution in [2.45, 2.75) is 52.9 Å². The summed E-state index contributed by atoms with van der Waals surface area (Å²) in [5.41, 5.74) is -1.07. The standard InChI is InChI=1S/C12H18IN3O4S/c13-9-6-12(9,15-10(17)8-2-1-5-14-8)11(18)16-21(19,20)7-3-4-7/h7-9,14H,1-6H2,(H,15,17)(H,16,18)/t8-,9+,12+/m0/s1. The summed E-state index contributed by atoms with van der Waals surface area (Å²) in [6, 6.07) is -0.279. The molecule has 1 saturated heterocycles. The number of carbonyl (C=O) groups excluding carboxylic acids is 2. The number of rotatable bonds is 5. The van der Waals surface area contributed by atoms with Crippen molar-refractivity contribution in [2.75, 3.05) is 6.54 Å². The van der Waals surface area contributed by atoms with Gasteiger partial charge in [0.15, 0.2) is 0 Å². The molecule has 0 bridgehead atoms. The van der Waals surface area contributed by atoms with E-state index in [0.29, 0.717) is 19.3 Å². The highest BCUT2D eigenvalue weighted by Crippen LogP contribution is 2.44. The second-order valence-corrected chi connectivity index (χ2v) is 9.42.